The third kappa shape index (κ3) is 5.55. The highest BCUT2D eigenvalue weighted by molar-refractivity contribution is 7.17. The molecule has 10 nitrogen and oxygen atoms in total. The Hall–Kier alpha value is -3.60. The Morgan fingerprint density at radius 2 is 2.00 bits per heavy atom. The van der Waals surface area contributed by atoms with Gasteiger partial charge < -0.3 is 19.5 Å². The van der Waals surface area contributed by atoms with Crippen LogP contribution in [0.3, 0.4) is 0 Å². The predicted molar refractivity (Wildman–Crippen MR) is 117 cm³/mol. The van der Waals surface area contributed by atoms with E-state index in [1.165, 1.54) is 4.90 Å². The van der Waals surface area contributed by atoms with Crippen LogP contribution in [0.15, 0.2) is 28.8 Å². The molecule has 0 fully saturated rings. The van der Waals surface area contributed by atoms with Crippen LogP contribution in [0.25, 0.3) is 11.4 Å². The number of benzene rings is 1. The van der Waals surface area contributed by atoms with E-state index in [9.17, 15) is 14.4 Å². The maximum atomic E-state index is 12.8. The van der Waals surface area contributed by atoms with Gasteiger partial charge >= 0.3 is 5.97 Å². The van der Waals surface area contributed by atoms with Crippen LogP contribution in [0, 0.1) is 13.8 Å². The second-order valence-corrected chi connectivity index (χ2v) is 7.90. The first-order valence-electron chi connectivity index (χ1n) is 9.89. The molecule has 0 atom stereocenters. The number of ether oxygens (including phenoxy) is 1. The van der Waals surface area contributed by atoms with Crippen LogP contribution in [0.5, 0.6) is 0 Å². The number of nitrogens with one attached hydrogen (secondary N) is 1. The van der Waals surface area contributed by atoms with Gasteiger partial charge in [-0.2, -0.15) is 4.98 Å². The highest BCUT2D eigenvalue weighted by atomic mass is 32.1. The Kier molecular flexibility index (Phi) is 7.31. The average molecular weight is 458 g/mol. The summed E-state index contributed by atoms with van der Waals surface area (Å²) in [6.07, 6.45) is 0.0688. The quantitative estimate of drug-likeness (QED) is 0.511. The Balaban J connectivity index is 1.57. The summed E-state index contributed by atoms with van der Waals surface area (Å²) in [5.41, 5.74) is 1.60. The van der Waals surface area contributed by atoms with Crippen molar-refractivity contribution in [3.05, 3.63) is 46.3 Å². The third-order valence-corrected chi connectivity index (χ3v) is 5.47. The largest absolute Gasteiger partial charge is 0.462 e. The number of hydrogen-bond donors (Lipinski definition) is 1. The Morgan fingerprint density at radius 3 is 2.69 bits per heavy atom. The van der Waals surface area contributed by atoms with Crippen LogP contribution in [0.4, 0.5) is 5.13 Å². The van der Waals surface area contributed by atoms with Crippen molar-refractivity contribution in [3.8, 4) is 11.4 Å². The fourth-order valence-electron chi connectivity index (χ4n) is 2.82. The van der Waals surface area contributed by atoms with E-state index in [0.29, 0.717) is 38.5 Å². The van der Waals surface area contributed by atoms with Gasteiger partial charge in [-0.05, 0) is 26.0 Å². The summed E-state index contributed by atoms with van der Waals surface area (Å²) in [4.78, 5) is 47.1. The van der Waals surface area contributed by atoms with Crippen LogP contribution in [-0.2, 0) is 9.53 Å². The Bertz CT molecular complexity index is 1140. The minimum absolute atomic E-state index is 0.0688. The number of amides is 2. The topological polar surface area (TPSA) is 128 Å². The van der Waals surface area contributed by atoms with Crippen molar-refractivity contribution < 1.29 is 23.6 Å². The van der Waals surface area contributed by atoms with Gasteiger partial charge in [0.2, 0.25) is 17.6 Å². The van der Waals surface area contributed by atoms with Gasteiger partial charge in [0.25, 0.3) is 5.91 Å². The van der Waals surface area contributed by atoms with E-state index in [1.54, 1.807) is 52.1 Å². The molecule has 3 aromatic rings. The molecule has 168 valence electrons. The Labute approximate surface area is 188 Å². The fraction of sp³-hybridized carbons (Fsp3) is 0.333. The number of nitrogens with zero attached hydrogens (tertiary/aromatic N) is 4. The maximum absolute atomic E-state index is 12.8. The van der Waals surface area contributed by atoms with E-state index < -0.39 is 5.97 Å². The van der Waals surface area contributed by atoms with E-state index in [2.05, 4.69) is 20.4 Å². The zero-order chi connectivity index (χ0) is 23.3. The van der Waals surface area contributed by atoms with Crippen LogP contribution < -0.4 is 5.32 Å². The minimum Gasteiger partial charge on any atom is -0.462 e. The molecule has 11 heteroatoms. The number of carbonyl (C=O) groups is 3. The number of aromatic nitrogens is 3. The monoisotopic (exact) mass is 457 g/mol. The molecule has 0 unspecified atom stereocenters. The predicted octanol–water partition coefficient (Wildman–Crippen LogP) is 3.09. The van der Waals surface area contributed by atoms with E-state index >= 15 is 0 Å². The van der Waals surface area contributed by atoms with Gasteiger partial charge in [0.15, 0.2) is 5.13 Å². The van der Waals surface area contributed by atoms with Gasteiger partial charge in [-0.15, -0.1) is 0 Å². The molecule has 0 aliphatic carbocycles. The summed E-state index contributed by atoms with van der Waals surface area (Å²) in [5, 5.41) is 6.84. The van der Waals surface area contributed by atoms with E-state index in [0.717, 1.165) is 11.3 Å². The molecule has 2 heterocycles. The summed E-state index contributed by atoms with van der Waals surface area (Å²) in [7, 11) is 1.62. The first kappa shape index (κ1) is 23.1. The SMILES string of the molecule is CCOC(=O)c1sc(NC(=O)CCN(C)C(=O)c2cccc(-c3noc(C)n3)c2)nc1C. The normalized spacial score (nSPS) is 10.6. The zero-order valence-corrected chi connectivity index (χ0v) is 19.0. The molecule has 3 rings (SSSR count). The summed E-state index contributed by atoms with van der Waals surface area (Å²) in [5.74, 6) is -0.185. The second kappa shape index (κ2) is 10.1. The molecule has 0 spiro atoms. The molecule has 2 aromatic heterocycles. The summed E-state index contributed by atoms with van der Waals surface area (Å²) in [6, 6.07) is 6.89. The maximum Gasteiger partial charge on any atom is 0.350 e. The van der Waals surface area contributed by atoms with Crippen LogP contribution >= 0.6 is 11.3 Å². The number of aryl methyl sites for hydroxylation is 2. The lowest BCUT2D eigenvalue weighted by atomic mass is 10.1. The van der Waals surface area contributed by atoms with Gasteiger partial charge in [-0.3, -0.25) is 9.59 Å². The molecular formula is C21H23N5O5S. The van der Waals surface area contributed by atoms with Crippen molar-refractivity contribution in [1.82, 2.24) is 20.0 Å². The zero-order valence-electron chi connectivity index (χ0n) is 18.2. The van der Waals surface area contributed by atoms with Crippen molar-refractivity contribution in [2.24, 2.45) is 0 Å². The van der Waals surface area contributed by atoms with Crippen LogP contribution in [-0.4, -0.2) is 58.0 Å². The molecule has 0 aliphatic heterocycles. The average Bonchev–Trinajstić information content (AvgIpc) is 3.37. The molecule has 0 saturated carbocycles. The minimum atomic E-state index is -0.466. The summed E-state index contributed by atoms with van der Waals surface area (Å²) in [6.45, 7) is 5.54. The molecule has 0 radical (unpaired) electrons. The van der Waals surface area contributed by atoms with Crippen molar-refractivity contribution >= 4 is 34.3 Å². The highest BCUT2D eigenvalue weighted by Gasteiger charge is 2.19. The molecule has 0 bridgehead atoms. The standard InChI is InChI=1S/C21H23N5O5S/c1-5-30-20(29)17-12(2)22-21(32-17)24-16(27)9-10-26(4)19(28)15-8-6-7-14(11-15)18-23-13(3)31-25-18/h6-8,11H,5,9-10H2,1-4H3,(H,22,24,27). The number of rotatable bonds is 8. The lowest BCUT2D eigenvalue weighted by Crippen LogP contribution is -2.30. The van der Waals surface area contributed by atoms with E-state index in [1.807, 2.05) is 0 Å². The van der Waals surface area contributed by atoms with Gasteiger partial charge in [0.1, 0.15) is 4.88 Å². The Morgan fingerprint density at radius 1 is 1.22 bits per heavy atom. The van der Waals surface area contributed by atoms with E-state index in [-0.39, 0.29) is 31.4 Å². The third-order valence-electron chi connectivity index (χ3n) is 4.42. The van der Waals surface area contributed by atoms with Gasteiger partial charge in [-0.25, -0.2) is 9.78 Å². The van der Waals surface area contributed by atoms with Crippen LogP contribution in [0.1, 0.15) is 45.0 Å². The van der Waals surface area contributed by atoms with Gasteiger partial charge in [0, 0.05) is 38.1 Å². The van der Waals surface area contributed by atoms with Crippen molar-refractivity contribution in [3.63, 3.8) is 0 Å². The number of hydrogen-bond acceptors (Lipinski definition) is 9. The highest BCUT2D eigenvalue weighted by Crippen LogP contribution is 2.23. The van der Waals surface area contributed by atoms with Crippen molar-refractivity contribution in [1.29, 1.82) is 0 Å². The van der Waals surface area contributed by atoms with Gasteiger partial charge in [0.05, 0.1) is 12.3 Å². The second-order valence-electron chi connectivity index (χ2n) is 6.90. The fourth-order valence-corrected chi connectivity index (χ4v) is 3.69. The molecular weight excluding hydrogens is 434 g/mol. The molecule has 0 saturated heterocycles. The first-order valence-corrected chi connectivity index (χ1v) is 10.7. The summed E-state index contributed by atoms with van der Waals surface area (Å²) >= 11 is 1.06. The number of esters is 1. The lowest BCUT2D eigenvalue weighted by molar-refractivity contribution is -0.116. The van der Waals surface area contributed by atoms with Gasteiger partial charge in [-0.1, -0.05) is 28.6 Å². The molecule has 0 aliphatic rings. The molecule has 1 N–H and O–H groups in total. The summed E-state index contributed by atoms with van der Waals surface area (Å²) < 4.78 is 9.96. The number of thiazole rings is 1. The first-order chi connectivity index (χ1) is 15.3. The van der Waals surface area contributed by atoms with Crippen molar-refractivity contribution in [2.45, 2.75) is 27.2 Å². The molecule has 1 aromatic carbocycles. The smallest absolute Gasteiger partial charge is 0.350 e. The van der Waals surface area contributed by atoms with Crippen LogP contribution in [0.2, 0.25) is 0 Å². The van der Waals surface area contributed by atoms with E-state index in [4.69, 9.17) is 9.26 Å². The molecule has 2 amide bonds. The lowest BCUT2D eigenvalue weighted by Gasteiger charge is -2.17. The number of anilines is 1. The number of carbonyl (C=O) groups excluding carboxylic acids is 3. The van der Waals surface area contributed by atoms with Crippen molar-refractivity contribution in [2.75, 3.05) is 25.5 Å². The molecule has 32 heavy (non-hydrogen) atoms.